The van der Waals surface area contributed by atoms with Crippen LogP contribution in [0.25, 0.3) is 0 Å². The minimum atomic E-state index is 0.559. The van der Waals surface area contributed by atoms with Crippen LogP contribution in [0.1, 0.15) is 24.3 Å². The smallest absolute Gasteiger partial charge is 0.276 e. The highest BCUT2D eigenvalue weighted by Gasteiger charge is 2.07. The van der Waals surface area contributed by atoms with Crippen LogP contribution in [-0.2, 0) is 12.2 Å². The van der Waals surface area contributed by atoms with Crippen LogP contribution in [-0.4, -0.2) is 16.7 Å². The molecule has 1 aromatic carbocycles. The molecule has 2 rings (SSSR count). The summed E-state index contributed by atoms with van der Waals surface area (Å²) in [4.78, 5) is 0. The minimum absolute atomic E-state index is 0.559. The van der Waals surface area contributed by atoms with Gasteiger partial charge in [0.1, 0.15) is 0 Å². The van der Waals surface area contributed by atoms with E-state index in [0.717, 1.165) is 37.1 Å². The maximum atomic E-state index is 5.97. The lowest BCUT2D eigenvalue weighted by Gasteiger charge is -2.00. The zero-order valence-electron chi connectivity index (χ0n) is 10.9. The topological polar surface area (TPSA) is 66.6 Å². The molecule has 0 fully saturated rings. The van der Waals surface area contributed by atoms with Crippen LogP contribution in [0.4, 0.5) is 0 Å². The van der Waals surface area contributed by atoms with Crippen molar-refractivity contribution in [3.05, 3.63) is 39.7 Å². The van der Waals surface area contributed by atoms with Gasteiger partial charge in [0.15, 0.2) is 0 Å². The van der Waals surface area contributed by atoms with Gasteiger partial charge in [0.25, 0.3) is 5.22 Å². The maximum absolute atomic E-state index is 5.97. The van der Waals surface area contributed by atoms with Gasteiger partial charge in [0.05, 0.1) is 16.6 Å². The number of aryl methyl sites for hydroxylation is 1. The number of unbranched alkanes of at least 4 members (excludes halogenated alkanes) is 1. The van der Waals surface area contributed by atoms with Gasteiger partial charge in [-0.2, -0.15) is 0 Å². The molecule has 7 heteroatoms. The van der Waals surface area contributed by atoms with Crippen LogP contribution in [0.2, 0.25) is 10.0 Å². The van der Waals surface area contributed by atoms with E-state index < -0.39 is 0 Å². The summed E-state index contributed by atoms with van der Waals surface area (Å²) in [5, 5.41) is 9.75. The molecule has 0 aliphatic heterocycles. The zero-order valence-corrected chi connectivity index (χ0v) is 13.3. The molecule has 0 spiro atoms. The first-order valence-corrected chi connectivity index (χ1v) is 8.11. The quantitative estimate of drug-likeness (QED) is 0.624. The second-order valence-corrected chi connectivity index (χ2v) is 6.05. The van der Waals surface area contributed by atoms with Crippen LogP contribution in [0.3, 0.4) is 0 Å². The number of nitrogens with zero attached hydrogens (tertiary/aromatic N) is 2. The lowest BCUT2D eigenvalue weighted by Crippen LogP contribution is -2.50. The Morgan fingerprint density at radius 2 is 2.00 bits per heavy atom. The average molecular weight is 333 g/mol. The molecule has 0 radical (unpaired) electrons. The first kappa shape index (κ1) is 15.6. The number of benzene rings is 1. The van der Waals surface area contributed by atoms with E-state index in [1.165, 1.54) is 11.8 Å². The van der Waals surface area contributed by atoms with Crippen LogP contribution in [0.15, 0.2) is 27.8 Å². The molecule has 108 valence electrons. The molecule has 1 heterocycles. The molecular formula is C13H16Cl2N3OS+. The second-order valence-electron chi connectivity index (χ2n) is 4.31. The van der Waals surface area contributed by atoms with Gasteiger partial charge in [-0.15, -0.1) is 10.2 Å². The van der Waals surface area contributed by atoms with E-state index in [1.54, 1.807) is 6.07 Å². The highest BCUT2D eigenvalue weighted by atomic mass is 35.5. The van der Waals surface area contributed by atoms with Crippen LogP contribution < -0.4 is 5.73 Å². The summed E-state index contributed by atoms with van der Waals surface area (Å²) in [7, 11) is 0. The van der Waals surface area contributed by atoms with Gasteiger partial charge in [0, 0.05) is 12.2 Å². The van der Waals surface area contributed by atoms with Crippen molar-refractivity contribution in [1.29, 1.82) is 0 Å². The zero-order chi connectivity index (χ0) is 14.4. The predicted octanol–water partition coefficient (Wildman–Crippen LogP) is 3.23. The van der Waals surface area contributed by atoms with Gasteiger partial charge in [-0.3, -0.25) is 0 Å². The average Bonchev–Trinajstić information content (AvgIpc) is 2.88. The molecule has 0 bridgehead atoms. The van der Waals surface area contributed by atoms with Gasteiger partial charge in [-0.25, -0.2) is 0 Å². The number of hydrogen-bond donors (Lipinski definition) is 1. The van der Waals surface area contributed by atoms with Crippen LogP contribution in [0, 0.1) is 0 Å². The Morgan fingerprint density at radius 3 is 2.75 bits per heavy atom. The van der Waals surface area contributed by atoms with E-state index in [-0.39, 0.29) is 0 Å². The fourth-order valence-electron chi connectivity index (χ4n) is 1.63. The highest BCUT2D eigenvalue weighted by molar-refractivity contribution is 7.98. The van der Waals surface area contributed by atoms with Crippen molar-refractivity contribution >= 4 is 35.0 Å². The summed E-state index contributed by atoms with van der Waals surface area (Å²) in [5.41, 5.74) is 4.88. The Bertz CT molecular complexity index is 562. The predicted molar refractivity (Wildman–Crippen MR) is 81.0 cm³/mol. The molecule has 2 aromatic rings. The summed E-state index contributed by atoms with van der Waals surface area (Å²) >= 11 is 13.3. The van der Waals surface area contributed by atoms with E-state index in [2.05, 4.69) is 15.9 Å². The van der Waals surface area contributed by atoms with Crippen molar-refractivity contribution in [1.82, 2.24) is 10.2 Å². The highest BCUT2D eigenvalue weighted by Crippen LogP contribution is 2.27. The third-order valence-electron chi connectivity index (χ3n) is 2.69. The second kappa shape index (κ2) is 7.88. The molecule has 0 amide bonds. The van der Waals surface area contributed by atoms with Crippen molar-refractivity contribution < 1.29 is 10.2 Å². The molecular weight excluding hydrogens is 317 g/mol. The van der Waals surface area contributed by atoms with E-state index in [4.69, 9.17) is 27.6 Å². The summed E-state index contributed by atoms with van der Waals surface area (Å²) < 4.78 is 5.57. The van der Waals surface area contributed by atoms with Gasteiger partial charge in [-0.05, 0) is 30.5 Å². The number of halogens is 2. The van der Waals surface area contributed by atoms with Crippen molar-refractivity contribution in [2.45, 2.75) is 30.2 Å². The lowest BCUT2D eigenvalue weighted by molar-refractivity contribution is -0.368. The van der Waals surface area contributed by atoms with E-state index in [1.807, 2.05) is 12.1 Å². The molecule has 20 heavy (non-hydrogen) atoms. The molecule has 1 aromatic heterocycles. The largest absolute Gasteiger partial charge is 0.416 e. The third-order valence-corrected chi connectivity index (χ3v) is 4.31. The molecule has 0 saturated heterocycles. The van der Waals surface area contributed by atoms with Crippen LogP contribution >= 0.6 is 35.0 Å². The number of rotatable bonds is 7. The summed E-state index contributed by atoms with van der Waals surface area (Å²) in [6.45, 7) is 0.938. The molecule has 0 aliphatic carbocycles. The Balaban J connectivity index is 1.85. The standard InChI is InChI=1S/C13H15Cl2N3OS/c14-10-5-4-9(7-11(10)15)8-20-13-18-17-12(19-13)3-1-2-6-16/h4-5,7H,1-3,6,8,16H2/p+1. The van der Waals surface area contributed by atoms with Crippen molar-refractivity contribution in [3.8, 4) is 0 Å². The lowest BCUT2D eigenvalue weighted by atomic mass is 10.2. The molecule has 0 atom stereocenters. The SMILES string of the molecule is [NH3+]CCCCc1nnc(SCc2ccc(Cl)c(Cl)c2)o1. The number of hydrogen-bond acceptors (Lipinski definition) is 4. The fourth-order valence-corrected chi connectivity index (χ4v) is 2.67. The monoisotopic (exact) mass is 332 g/mol. The normalized spacial score (nSPS) is 10.9. The van der Waals surface area contributed by atoms with Gasteiger partial charge in [0.2, 0.25) is 5.89 Å². The Morgan fingerprint density at radius 1 is 1.15 bits per heavy atom. The van der Waals surface area contributed by atoms with E-state index >= 15 is 0 Å². The maximum Gasteiger partial charge on any atom is 0.276 e. The van der Waals surface area contributed by atoms with E-state index in [9.17, 15) is 0 Å². The van der Waals surface area contributed by atoms with Crippen LogP contribution in [0.5, 0.6) is 0 Å². The summed E-state index contributed by atoms with van der Waals surface area (Å²) in [6, 6.07) is 5.58. The molecule has 0 unspecified atom stereocenters. The first-order valence-electron chi connectivity index (χ1n) is 6.37. The Hall–Kier alpha value is -0.750. The van der Waals surface area contributed by atoms with Crippen molar-refractivity contribution in [2.24, 2.45) is 0 Å². The Labute approximate surface area is 132 Å². The van der Waals surface area contributed by atoms with Gasteiger partial charge < -0.3 is 10.2 Å². The number of quaternary nitrogens is 1. The van der Waals surface area contributed by atoms with Crippen molar-refractivity contribution in [3.63, 3.8) is 0 Å². The molecule has 3 N–H and O–H groups in total. The first-order chi connectivity index (χ1) is 9.69. The third kappa shape index (κ3) is 4.66. The van der Waals surface area contributed by atoms with Gasteiger partial charge >= 0.3 is 0 Å². The minimum Gasteiger partial charge on any atom is -0.416 e. The molecule has 0 aliphatic rings. The van der Waals surface area contributed by atoms with Crippen molar-refractivity contribution in [2.75, 3.05) is 6.54 Å². The fraction of sp³-hybridized carbons (Fsp3) is 0.385. The molecule has 0 saturated carbocycles. The Kier molecular flexibility index (Phi) is 6.16. The van der Waals surface area contributed by atoms with Gasteiger partial charge in [-0.1, -0.05) is 41.0 Å². The number of thioether (sulfide) groups is 1. The summed E-state index contributed by atoms with van der Waals surface area (Å²) in [5.74, 6) is 1.41. The number of aromatic nitrogens is 2. The molecule has 4 nitrogen and oxygen atoms in total. The summed E-state index contributed by atoms with van der Waals surface area (Å²) in [6.07, 6.45) is 2.92. The van der Waals surface area contributed by atoms with E-state index in [0.29, 0.717) is 21.2 Å².